The van der Waals surface area contributed by atoms with Crippen LogP contribution < -0.4 is 5.32 Å². The van der Waals surface area contributed by atoms with Crippen molar-refractivity contribution in [2.24, 2.45) is 5.92 Å². The summed E-state index contributed by atoms with van der Waals surface area (Å²) in [5.74, 6) is -1.10. The second-order valence-corrected chi connectivity index (χ2v) is 6.32. The number of carbonyl (C=O) groups is 2. The quantitative estimate of drug-likeness (QED) is 0.767. The normalized spacial score (nSPS) is 20.3. The van der Waals surface area contributed by atoms with Gasteiger partial charge in [0.25, 0.3) is 0 Å². The van der Waals surface area contributed by atoms with E-state index in [-0.39, 0.29) is 17.7 Å². The number of allylic oxidation sites excluding steroid dienone is 1. The van der Waals surface area contributed by atoms with Gasteiger partial charge >= 0.3 is 5.97 Å². The Bertz CT molecular complexity index is 783. The molecule has 3 atom stereocenters. The third-order valence-corrected chi connectivity index (χ3v) is 4.60. The van der Waals surface area contributed by atoms with E-state index in [9.17, 15) is 14.7 Å². The summed E-state index contributed by atoms with van der Waals surface area (Å²) in [7, 11) is 0. The van der Waals surface area contributed by atoms with Gasteiger partial charge in [0.1, 0.15) is 6.04 Å². The largest absolute Gasteiger partial charge is 0.480 e. The van der Waals surface area contributed by atoms with Crippen LogP contribution in [0.5, 0.6) is 0 Å². The summed E-state index contributed by atoms with van der Waals surface area (Å²) in [6.45, 7) is 3.59. The Hall–Kier alpha value is -2.62. The minimum atomic E-state index is -0.992. The molecule has 3 rings (SSSR count). The van der Waals surface area contributed by atoms with Crippen molar-refractivity contribution >= 4 is 22.6 Å². The van der Waals surface area contributed by atoms with Gasteiger partial charge in [-0.05, 0) is 41.5 Å². The molecule has 0 heterocycles. The Kier molecular flexibility index (Phi) is 4.65. The van der Waals surface area contributed by atoms with Crippen LogP contribution in [0.1, 0.15) is 30.7 Å². The fraction of sp³-hybridized carbons (Fsp3) is 0.300. The minimum absolute atomic E-state index is 0.128. The lowest BCUT2D eigenvalue weighted by Crippen LogP contribution is -2.41. The zero-order valence-corrected chi connectivity index (χ0v) is 13.4. The van der Waals surface area contributed by atoms with Crippen molar-refractivity contribution in [2.75, 3.05) is 0 Å². The summed E-state index contributed by atoms with van der Waals surface area (Å²) >= 11 is 0. The van der Waals surface area contributed by atoms with Crippen molar-refractivity contribution in [1.29, 1.82) is 0 Å². The number of nitrogens with one attached hydrogen (secondary N) is 1. The number of fused-ring (bicyclic) bond motifs is 1. The van der Waals surface area contributed by atoms with Gasteiger partial charge in [0.05, 0.1) is 0 Å². The van der Waals surface area contributed by atoms with Crippen LogP contribution in [-0.4, -0.2) is 23.0 Å². The highest BCUT2D eigenvalue weighted by atomic mass is 16.4. The van der Waals surface area contributed by atoms with Crippen LogP contribution in [0.3, 0.4) is 0 Å². The van der Waals surface area contributed by atoms with Crippen molar-refractivity contribution in [1.82, 2.24) is 5.32 Å². The Morgan fingerprint density at radius 2 is 2.00 bits per heavy atom. The maximum Gasteiger partial charge on any atom is 0.326 e. The molecule has 0 bridgehead atoms. The van der Waals surface area contributed by atoms with Crippen molar-refractivity contribution in [3.8, 4) is 0 Å². The molecular weight excluding hydrogens is 302 g/mol. The van der Waals surface area contributed by atoms with Crippen molar-refractivity contribution in [3.63, 3.8) is 0 Å². The maximum absolute atomic E-state index is 12.3. The molecule has 0 aromatic heterocycles. The van der Waals surface area contributed by atoms with Gasteiger partial charge in [-0.25, -0.2) is 4.79 Å². The molecule has 1 saturated carbocycles. The number of carboxylic acid groups (broad SMARTS) is 1. The third-order valence-electron chi connectivity index (χ3n) is 4.60. The summed E-state index contributed by atoms with van der Waals surface area (Å²) in [5, 5.41) is 14.2. The minimum Gasteiger partial charge on any atom is -0.480 e. The monoisotopic (exact) mass is 323 g/mol. The zero-order valence-electron chi connectivity index (χ0n) is 13.4. The average molecular weight is 323 g/mol. The summed E-state index contributed by atoms with van der Waals surface area (Å²) in [6, 6.07) is 13.5. The predicted molar refractivity (Wildman–Crippen MR) is 93.8 cm³/mol. The Labute approximate surface area is 141 Å². The van der Waals surface area contributed by atoms with E-state index >= 15 is 0 Å². The lowest BCUT2D eigenvalue weighted by atomic mass is 10.0. The van der Waals surface area contributed by atoms with Crippen LogP contribution in [-0.2, 0) is 9.59 Å². The van der Waals surface area contributed by atoms with Crippen LogP contribution in [0.15, 0.2) is 55.1 Å². The molecule has 0 radical (unpaired) electrons. The lowest BCUT2D eigenvalue weighted by Gasteiger charge is -2.13. The van der Waals surface area contributed by atoms with Crippen LogP contribution in [0.2, 0.25) is 0 Å². The smallest absolute Gasteiger partial charge is 0.326 e. The number of aliphatic carboxylic acids is 1. The molecule has 2 N–H and O–H groups in total. The molecule has 1 aliphatic rings. The summed E-state index contributed by atoms with van der Waals surface area (Å²) in [5.41, 5.74) is 1.15. The maximum atomic E-state index is 12.3. The van der Waals surface area contributed by atoms with E-state index in [0.717, 1.165) is 17.4 Å². The van der Waals surface area contributed by atoms with E-state index in [1.54, 1.807) is 6.08 Å². The average Bonchev–Trinajstić information content (AvgIpc) is 3.38. The van der Waals surface area contributed by atoms with E-state index in [1.807, 2.05) is 12.1 Å². The first-order valence-corrected chi connectivity index (χ1v) is 8.23. The molecule has 2 aromatic rings. The fourth-order valence-electron chi connectivity index (χ4n) is 3.11. The first kappa shape index (κ1) is 16.2. The van der Waals surface area contributed by atoms with Crippen molar-refractivity contribution in [3.05, 3.63) is 60.7 Å². The van der Waals surface area contributed by atoms with E-state index in [1.165, 1.54) is 5.39 Å². The molecule has 24 heavy (non-hydrogen) atoms. The number of hydrogen-bond acceptors (Lipinski definition) is 2. The molecule has 2 aromatic carbocycles. The molecule has 0 aliphatic heterocycles. The molecule has 1 amide bonds. The van der Waals surface area contributed by atoms with Crippen LogP contribution in [0.25, 0.3) is 10.8 Å². The van der Waals surface area contributed by atoms with Crippen LogP contribution >= 0.6 is 0 Å². The Balaban J connectivity index is 1.65. The van der Waals surface area contributed by atoms with Gasteiger partial charge in [0, 0.05) is 5.92 Å². The van der Waals surface area contributed by atoms with Gasteiger partial charge < -0.3 is 10.4 Å². The van der Waals surface area contributed by atoms with Gasteiger partial charge in [-0.1, -0.05) is 48.5 Å². The van der Waals surface area contributed by atoms with E-state index in [0.29, 0.717) is 12.8 Å². The lowest BCUT2D eigenvalue weighted by molar-refractivity contribution is -0.142. The molecule has 3 unspecified atom stereocenters. The third kappa shape index (κ3) is 3.48. The predicted octanol–water partition coefficient (Wildman–Crippen LogP) is 3.48. The first-order chi connectivity index (χ1) is 11.6. The van der Waals surface area contributed by atoms with Gasteiger partial charge in [0.2, 0.25) is 5.91 Å². The number of hydrogen-bond donors (Lipinski definition) is 2. The van der Waals surface area contributed by atoms with Gasteiger partial charge in [-0.15, -0.1) is 6.58 Å². The van der Waals surface area contributed by atoms with Gasteiger partial charge in [-0.3, -0.25) is 4.79 Å². The fourth-order valence-corrected chi connectivity index (χ4v) is 3.11. The van der Waals surface area contributed by atoms with E-state index in [2.05, 4.69) is 42.2 Å². The number of amides is 1. The van der Waals surface area contributed by atoms with E-state index in [4.69, 9.17) is 0 Å². The topological polar surface area (TPSA) is 66.4 Å². The van der Waals surface area contributed by atoms with Crippen LogP contribution in [0.4, 0.5) is 0 Å². The summed E-state index contributed by atoms with van der Waals surface area (Å²) in [6.07, 6.45) is 3.38. The number of rotatable bonds is 7. The van der Waals surface area contributed by atoms with Crippen molar-refractivity contribution < 1.29 is 14.7 Å². The highest BCUT2D eigenvalue weighted by Crippen LogP contribution is 2.48. The second-order valence-electron chi connectivity index (χ2n) is 6.32. The number of carboxylic acids is 1. The SMILES string of the molecule is C=CCCC(NC(=O)C1CC1c1ccc2ccccc2c1)C(=O)O. The Morgan fingerprint density at radius 3 is 2.71 bits per heavy atom. The zero-order chi connectivity index (χ0) is 17.1. The molecule has 1 fully saturated rings. The Morgan fingerprint density at radius 1 is 1.25 bits per heavy atom. The summed E-state index contributed by atoms with van der Waals surface area (Å²) in [4.78, 5) is 23.6. The van der Waals surface area contributed by atoms with Crippen molar-refractivity contribution in [2.45, 2.75) is 31.2 Å². The standard InChI is InChI=1S/C20H21NO3/c1-2-3-8-18(20(23)24)21-19(22)17-12-16(17)15-10-9-13-6-4-5-7-14(13)11-15/h2,4-7,9-11,16-18H,1,3,8,12H2,(H,21,22)(H,23,24). The van der Waals surface area contributed by atoms with Crippen LogP contribution in [0, 0.1) is 5.92 Å². The number of carbonyl (C=O) groups excluding carboxylic acids is 1. The highest BCUT2D eigenvalue weighted by molar-refractivity contribution is 5.88. The molecule has 1 aliphatic carbocycles. The molecule has 0 spiro atoms. The summed E-state index contributed by atoms with van der Waals surface area (Å²) < 4.78 is 0. The molecule has 124 valence electrons. The first-order valence-electron chi connectivity index (χ1n) is 8.23. The second kappa shape index (κ2) is 6.87. The number of benzene rings is 2. The molecule has 4 nitrogen and oxygen atoms in total. The molecule has 4 heteroatoms. The highest BCUT2D eigenvalue weighted by Gasteiger charge is 2.44. The van der Waals surface area contributed by atoms with E-state index < -0.39 is 12.0 Å². The molecular formula is C20H21NO3. The van der Waals surface area contributed by atoms with Gasteiger partial charge in [0.15, 0.2) is 0 Å². The molecule has 0 saturated heterocycles. The van der Waals surface area contributed by atoms with Gasteiger partial charge in [-0.2, -0.15) is 0 Å².